The Hall–Kier alpha value is -3.03. The molecule has 2 bridgehead atoms. The molecule has 3 aliphatic rings. The predicted molar refractivity (Wildman–Crippen MR) is 168 cm³/mol. The number of rotatable bonds is 10. The highest BCUT2D eigenvalue weighted by atomic mass is 35.5. The molecule has 3 aromatic carbocycles. The molecule has 0 aromatic heterocycles. The summed E-state index contributed by atoms with van der Waals surface area (Å²) in [7, 11) is 0. The third-order valence-electron chi connectivity index (χ3n) is 8.63. The van der Waals surface area contributed by atoms with Crippen LogP contribution in [0.2, 0.25) is 10.0 Å². The first-order chi connectivity index (χ1) is 20.3. The standard InChI is InChI=1S/C34H37Cl2N3O3/c1-22-17-30(36)32(18-23(22)2)42-16-15-41-27-11-7-25(8-12-27)34-14-13-28(31(38-34)19-37-21-34)33(40)39(26-9-10-26)20-24-5-3-4-6-29(24)35/h3-8,11-13,17-18,26,31,37-38H,9-10,14-16,19-21H2,1-2H3. The van der Waals surface area contributed by atoms with Gasteiger partial charge >= 0.3 is 0 Å². The molecule has 1 saturated heterocycles. The van der Waals surface area contributed by atoms with Gasteiger partial charge in [0.05, 0.1) is 16.6 Å². The molecule has 0 radical (unpaired) electrons. The summed E-state index contributed by atoms with van der Waals surface area (Å²) in [4.78, 5) is 15.9. The summed E-state index contributed by atoms with van der Waals surface area (Å²) in [5, 5.41) is 8.73. The van der Waals surface area contributed by atoms with Crippen LogP contribution in [0.25, 0.3) is 0 Å². The van der Waals surface area contributed by atoms with E-state index in [0.29, 0.717) is 35.6 Å². The number of fused-ring (bicyclic) bond motifs is 2. The van der Waals surface area contributed by atoms with Gasteiger partial charge in [0.1, 0.15) is 24.7 Å². The molecule has 0 spiro atoms. The molecule has 2 unspecified atom stereocenters. The number of hydrogen-bond donors (Lipinski definition) is 2. The average molecular weight is 607 g/mol. The molecule has 220 valence electrons. The lowest BCUT2D eigenvalue weighted by atomic mass is 9.78. The summed E-state index contributed by atoms with van der Waals surface area (Å²) in [5.74, 6) is 1.57. The van der Waals surface area contributed by atoms with E-state index in [1.54, 1.807) is 0 Å². The molecule has 3 aromatic rings. The van der Waals surface area contributed by atoms with Crippen molar-refractivity contribution in [2.75, 3.05) is 26.3 Å². The van der Waals surface area contributed by atoms with Crippen LogP contribution in [0.3, 0.4) is 0 Å². The number of aryl methyl sites for hydroxylation is 2. The minimum atomic E-state index is -0.276. The Labute approximate surface area is 258 Å². The summed E-state index contributed by atoms with van der Waals surface area (Å²) in [5.41, 5.74) is 5.01. The molecule has 2 aliphatic heterocycles. The van der Waals surface area contributed by atoms with Gasteiger partial charge in [-0.25, -0.2) is 0 Å². The number of nitrogens with one attached hydrogen (secondary N) is 2. The molecule has 6 rings (SSSR count). The highest BCUT2D eigenvalue weighted by Crippen LogP contribution is 2.37. The van der Waals surface area contributed by atoms with Gasteiger partial charge in [-0.2, -0.15) is 0 Å². The first-order valence-electron chi connectivity index (χ1n) is 14.7. The van der Waals surface area contributed by atoms with E-state index in [0.717, 1.165) is 60.4 Å². The molecule has 6 nitrogen and oxygen atoms in total. The highest BCUT2D eigenvalue weighted by molar-refractivity contribution is 6.32. The lowest BCUT2D eigenvalue weighted by Gasteiger charge is -2.47. The van der Waals surface area contributed by atoms with E-state index in [4.69, 9.17) is 32.7 Å². The van der Waals surface area contributed by atoms with Gasteiger partial charge in [0.25, 0.3) is 5.91 Å². The zero-order chi connectivity index (χ0) is 29.3. The van der Waals surface area contributed by atoms with Crippen LogP contribution in [-0.4, -0.2) is 49.2 Å². The second kappa shape index (κ2) is 12.3. The van der Waals surface area contributed by atoms with Gasteiger partial charge in [-0.05, 0) is 85.7 Å². The molecule has 2 N–H and O–H groups in total. The second-order valence-corrected chi connectivity index (χ2v) is 12.4. The van der Waals surface area contributed by atoms with Crippen LogP contribution in [0.15, 0.2) is 72.3 Å². The van der Waals surface area contributed by atoms with E-state index in [1.165, 1.54) is 5.56 Å². The van der Waals surface area contributed by atoms with Crippen LogP contribution in [0.5, 0.6) is 11.5 Å². The van der Waals surface area contributed by atoms with Crippen molar-refractivity contribution in [2.24, 2.45) is 0 Å². The summed E-state index contributed by atoms with van der Waals surface area (Å²) in [6, 6.07) is 20.1. The second-order valence-electron chi connectivity index (χ2n) is 11.6. The Morgan fingerprint density at radius 2 is 1.71 bits per heavy atom. The zero-order valence-electron chi connectivity index (χ0n) is 24.1. The zero-order valence-corrected chi connectivity index (χ0v) is 25.6. The Morgan fingerprint density at radius 3 is 2.48 bits per heavy atom. The molecule has 42 heavy (non-hydrogen) atoms. The maximum absolute atomic E-state index is 13.9. The number of benzene rings is 3. The van der Waals surface area contributed by atoms with E-state index in [1.807, 2.05) is 67.3 Å². The minimum absolute atomic E-state index is 0.0576. The van der Waals surface area contributed by atoms with Crippen molar-refractivity contribution in [3.8, 4) is 11.5 Å². The number of carbonyl (C=O) groups excluding carboxylic acids is 1. The number of piperazine rings is 1. The number of hydrogen-bond acceptors (Lipinski definition) is 5. The average Bonchev–Trinajstić information content (AvgIpc) is 3.83. The van der Waals surface area contributed by atoms with E-state index in [9.17, 15) is 4.79 Å². The fourth-order valence-electron chi connectivity index (χ4n) is 5.93. The van der Waals surface area contributed by atoms with Crippen LogP contribution >= 0.6 is 23.2 Å². The topological polar surface area (TPSA) is 62.8 Å². The van der Waals surface area contributed by atoms with Gasteiger partial charge in [-0.3, -0.25) is 10.1 Å². The fraction of sp³-hybridized carbons (Fsp3) is 0.382. The maximum atomic E-state index is 13.9. The van der Waals surface area contributed by atoms with Crippen LogP contribution in [0.4, 0.5) is 0 Å². The first-order valence-corrected chi connectivity index (χ1v) is 15.4. The number of nitrogens with zero attached hydrogens (tertiary/aromatic N) is 1. The van der Waals surface area contributed by atoms with Gasteiger partial charge in [0, 0.05) is 36.3 Å². The van der Waals surface area contributed by atoms with Crippen molar-refractivity contribution < 1.29 is 14.3 Å². The summed E-state index contributed by atoms with van der Waals surface area (Å²) < 4.78 is 11.8. The Bertz CT molecular complexity index is 1490. The SMILES string of the molecule is Cc1cc(Cl)c(OCCOc2ccc(C34CC=C(C(=O)N(Cc5ccccc5Cl)C5CC5)C(CNC3)N4)cc2)cc1C. The molecule has 1 amide bonds. The van der Waals surface area contributed by atoms with Gasteiger partial charge in [0.2, 0.25) is 0 Å². The molecule has 2 fully saturated rings. The molecule has 2 heterocycles. The predicted octanol–water partition coefficient (Wildman–Crippen LogP) is 6.35. The third-order valence-corrected chi connectivity index (χ3v) is 9.29. The van der Waals surface area contributed by atoms with E-state index < -0.39 is 0 Å². The normalized spacial score (nSPS) is 21.4. The first kappa shape index (κ1) is 29.1. The Morgan fingerprint density at radius 1 is 0.976 bits per heavy atom. The van der Waals surface area contributed by atoms with Crippen molar-refractivity contribution in [3.63, 3.8) is 0 Å². The Kier molecular flexibility index (Phi) is 8.51. The van der Waals surface area contributed by atoms with E-state index in [-0.39, 0.29) is 23.5 Å². The summed E-state index contributed by atoms with van der Waals surface area (Å²) >= 11 is 12.8. The van der Waals surface area contributed by atoms with Crippen molar-refractivity contribution >= 4 is 29.1 Å². The highest BCUT2D eigenvalue weighted by Gasteiger charge is 2.44. The quantitative estimate of drug-likeness (QED) is 0.264. The smallest absolute Gasteiger partial charge is 0.251 e. The van der Waals surface area contributed by atoms with Crippen molar-refractivity contribution in [2.45, 2.75) is 57.3 Å². The van der Waals surface area contributed by atoms with E-state index >= 15 is 0 Å². The number of ether oxygens (including phenoxy) is 2. The summed E-state index contributed by atoms with van der Waals surface area (Å²) in [6.07, 6.45) is 4.98. The number of halogens is 2. The molecule has 8 heteroatoms. The number of carbonyl (C=O) groups is 1. The maximum Gasteiger partial charge on any atom is 0.251 e. The van der Waals surface area contributed by atoms with Crippen LogP contribution in [-0.2, 0) is 16.9 Å². The van der Waals surface area contributed by atoms with Gasteiger partial charge < -0.3 is 19.7 Å². The van der Waals surface area contributed by atoms with Gasteiger partial charge in [-0.1, -0.05) is 59.6 Å². The lowest BCUT2D eigenvalue weighted by Crippen LogP contribution is -2.65. The molecule has 1 saturated carbocycles. The van der Waals surface area contributed by atoms with Gasteiger partial charge in [-0.15, -0.1) is 0 Å². The van der Waals surface area contributed by atoms with Crippen LogP contribution in [0, 0.1) is 13.8 Å². The summed E-state index contributed by atoms with van der Waals surface area (Å²) in [6.45, 7) is 6.93. The molecule has 2 atom stereocenters. The Balaban J connectivity index is 1.09. The molecular weight excluding hydrogens is 569 g/mol. The van der Waals surface area contributed by atoms with Crippen LogP contribution < -0.4 is 20.1 Å². The molecule has 1 aliphatic carbocycles. The van der Waals surface area contributed by atoms with Crippen molar-refractivity contribution in [1.82, 2.24) is 15.5 Å². The van der Waals surface area contributed by atoms with Crippen molar-refractivity contribution in [1.29, 1.82) is 0 Å². The van der Waals surface area contributed by atoms with E-state index in [2.05, 4.69) is 28.8 Å². The monoisotopic (exact) mass is 605 g/mol. The molecular formula is C34H37Cl2N3O3. The number of amides is 1. The van der Waals surface area contributed by atoms with Crippen LogP contribution in [0.1, 0.15) is 41.5 Å². The fourth-order valence-corrected chi connectivity index (χ4v) is 6.39. The largest absolute Gasteiger partial charge is 0.490 e. The lowest BCUT2D eigenvalue weighted by molar-refractivity contribution is -0.129. The van der Waals surface area contributed by atoms with Crippen molar-refractivity contribution in [3.05, 3.63) is 105 Å². The van der Waals surface area contributed by atoms with Gasteiger partial charge in [0.15, 0.2) is 0 Å². The minimum Gasteiger partial charge on any atom is -0.490 e. The third kappa shape index (κ3) is 6.18.